The second kappa shape index (κ2) is 8.54. The molecule has 7 heteroatoms. The molecule has 0 aliphatic heterocycles. The predicted octanol–water partition coefficient (Wildman–Crippen LogP) is 5.33. The lowest BCUT2D eigenvalue weighted by Gasteiger charge is -2.10. The van der Waals surface area contributed by atoms with Crippen molar-refractivity contribution in [2.75, 3.05) is 10.6 Å². The van der Waals surface area contributed by atoms with Crippen molar-refractivity contribution in [3.63, 3.8) is 0 Å². The summed E-state index contributed by atoms with van der Waals surface area (Å²) >= 11 is 2.85. The van der Waals surface area contributed by atoms with Gasteiger partial charge in [0.1, 0.15) is 0 Å². The van der Waals surface area contributed by atoms with Crippen molar-refractivity contribution < 1.29 is 4.79 Å². The van der Waals surface area contributed by atoms with E-state index in [0.29, 0.717) is 5.13 Å². The number of amides is 1. The molecule has 0 unspecified atom stereocenters. The number of aromatic nitrogens is 2. The van der Waals surface area contributed by atoms with Crippen LogP contribution in [-0.2, 0) is 4.79 Å². The number of rotatable bonds is 6. The Balaban J connectivity index is 1.59. The largest absolute Gasteiger partial charge is 0.330 e. The number of carbonyl (C=O) groups is 1. The minimum absolute atomic E-state index is 0.0514. The van der Waals surface area contributed by atoms with Crippen LogP contribution in [0.4, 0.5) is 16.5 Å². The molecule has 5 nitrogen and oxygen atoms in total. The molecule has 0 saturated heterocycles. The van der Waals surface area contributed by atoms with E-state index in [4.69, 9.17) is 0 Å². The van der Waals surface area contributed by atoms with E-state index in [1.807, 2.05) is 44.2 Å². The van der Waals surface area contributed by atoms with Gasteiger partial charge in [0.25, 0.3) is 0 Å². The number of nitrogens with one attached hydrogen (secondary N) is 2. The van der Waals surface area contributed by atoms with Crippen molar-refractivity contribution in [1.82, 2.24) is 10.2 Å². The Labute approximate surface area is 167 Å². The first kappa shape index (κ1) is 19.4. The van der Waals surface area contributed by atoms with E-state index in [0.717, 1.165) is 21.3 Å². The molecule has 3 aromatic rings. The van der Waals surface area contributed by atoms with E-state index >= 15 is 0 Å². The maximum Gasteiger partial charge on any atom is 0.237 e. The summed E-state index contributed by atoms with van der Waals surface area (Å²) in [5.41, 5.74) is 5.38. The minimum Gasteiger partial charge on any atom is -0.330 e. The van der Waals surface area contributed by atoms with E-state index in [-0.39, 0.29) is 11.2 Å². The molecular weight excluding hydrogens is 376 g/mol. The molecule has 0 aliphatic rings. The van der Waals surface area contributed by atoms with Crippen LogP contribution >= 0.6 is 23.1 Å². The maximum atomic E-state index is 12.4. The highest BCUT2D eigenvalue weighted by atomic mass is 32.2. The Hall–Kier alpha value is -2.38. The Morgan fingerprint density at radius 1 is 1.04 bits per heavy atom. The lowest BCUT2D eigenvalue weighted by Crippen LogP contribution is -2.22. The van der Waals surface area contributed by atoms with E-state index in [1.54, 1.807) is 0 Å². The van der Waals surface area contributed by atoms with Gasteiger partial charge in [0.15, 0.2) is 4.34 Å². The van der Waals surface area contributed by atoms with Crippen LogP contribution in [0, 0.1) is 20.8 Å². The number of thioether (sulfide) groups is 1. The Morgan fingerprint density at radius 2 is 1.85 bits per heavy atom. The maximum absolute atomic E-state index is 12.4. The van der Waals surface area contributed by atoms with Crippen LogP contribution in [0.2, 0.25) is 0 Å². The second-order valence-corrected chi connectivity index (χ2v) is 8.98. The quantitative estimate of drug-likeness (QED) is 0.550. The molecule has 2 aromatic carbocycles. The number of anilines is 3. The zero-order chi connectivity index (χ0) is 19.4. The minimum atomic E-state index is -0.270. The van der Waals surface area contributed by atoms with Crippen molar-refractivity contribution in [2.24, 2.45) is 0 Å². The first-order chi connectivity index (χ1) is 12.9. The topological polar surface area (TPSA) is 66.9 Å². The van der Waals surface area contributed by atoms with Crippen molar-refractivity contribution >= 4 is 45.5 Å². The number of carbonyl (C=O) groups excluding carboxylic acids is 1. The van der Waals surface area contributed by atoms with Gasteiger partial charge in [0.2, 0.25) is 11.0 Å². The summed E-state index contributed by atoms with van der Waals surface area (Å²) in [7, 11) is 0. The summed E-state index contributed by atoms with van der Waals surface area (Å²) in [6.07, 6.45) is 0. The molecule has 0 bridgehead atoms. The number of hydrogen-bond acceptors (Lipinski definition) is 6. The van der Waals surface area contributed by atoms with Crippen LogP contribution in [0.25, 0.3) is 0 Å². The summed E-state index contributed by atoms with van der Waals surface area (Å²) in [6.45, 7) is 8.03. The van der Waals surface area contributed by atoms with Gasteiger partial charge in [-0.05, 0) is 68.7 Å². The van der Waals surface area contributed by atoms with Crippen LogP contribution in [0.5, 0.6) is 0 Å². The van der Waals surface area contributed by atoms with Gasteiger partial charge in [-0.1, -0.05) is 41.3 Å². The molecule has 1 heterocycles. The number of nitrogens with zero attached hydrogens (tertiary/aromatic N) is 2. The molecule has 140 valence electrons. The fourth-order valence-corrected chi connectivity index (χ4v) is 4.34. The number of hydrogen-bond donors (Lipinski definition) is 2. The molecule has 27 heavy (non-hydrogen) atoms. The Bertz CT molecular complexity index is 955. The van der Waals surface area contributed by atoms with Crippen molar-refractivity contribution in [1.29, 1.82) is 0 Å². The van der Waals surface area contributed by atoms with Crippen LogP contribution in [-0.4, -0.2) is 21.4 Å². The van der Waals surface area contributed by atoms with Gasteiger partial charge in [0, 0.05) is 11.4 Å². The van der Waals surface area contributed by atoms with E-state index in [1.165, 1.54) is 34.2 Å². The van der Waals surface area contributed by atoms with Gasteiger partial charge in [-0.2, -0.15) is 0 Å². The smallest absolute Gasteiger partial charge is 0.237 e. The summed E-state index contributed by atoms with van der Waals surface area (Å²) in [6, 6.07) is 13.9. The summed E-state index contributed by atoms with van der Waals surface area (Å²) in [4.78, 5) is 12.4. The summed E-state index contributed by atoms with van der Waals surface area (Å²) < 4.78 is 0.758. The molecule has 2 N–H and O–H groups in total. The molecule has 0 radical (unpaired) electrons. The molecule has 1 aromatic heterocycles. The Kier molecular flexibility index (Phi) is 6.13. The molecule has 0 fully saturated rings. The Morgan fingerprint density at radius 3 is 2.59 bits per heavy atom. The second-order valence-electron chi connectivity index (χ2n) is 6.42. The zero-order valence-electron chi connectivity index (χ0n) is 15.7. The molecule has 0 aliphatic carbocycles. The average Bonchev–Trinajstić information content (AvgIpc) is 3.05. The molecule has 0 saturated carbocycles. The normalized spacial score (nSPS) is 11.9. The molecular formula is C20H22N4OS2. The summed E-state index contributed by atoms with van der Waals surface area (Å²) in [5, 5.41) is 15.0. The highest BCUT2D eigenvalue weighted by Crippen LogP contribution is 2.31. The highest BCUT2D eigenvalue weighted by molar-refractivity contribution is 8.02. The van der Waals surface area contributed by atoms with Crippen LogP contribution in [0.1, 0.15) is 23.6 Å². The van der Waals surface area contributed by atoms with Gasteiger partial charge < -0.3 is 10.6 Å². The number of benzene rings is 2. The first-order valence-corrected chi connectivity index (χ1v) is 10.3. The van der Waals surface area contributed by atoms with Crippen molar-refractivity contribution in [3.05, 3.63) is 59.2 Å². The molecule has 1 atom stereocenters. The van der Waals surface area contributed by atoms with Crippen molar-refractivity contribution in [3.8, 4) is 0 Å². The third-order valence-electron chi connectivity index (χ3n) is 4.10. The van der Waals surface area contributed by atoms with Gasteiger partial charge in [-0.25, -0.2) is 0 Å². The lowest BCUT2D eigenvalue weighted by molar-refractivity contribution is -0.115. The standard InChI is InChI=1S/C20H22N4OS2/c1-12-6-5-7-16(10-12)21-18(25)15(4)26-20-24-23-19(27-20)22-17-9-8-13(2)14(3)11-17/h5-11,15H,1-4H3,(H,21,25)(H,22,23)/t15-/m0/s1. The fourth-order valence-electron chi connectivity index (χ4n) is 2.42. The third kappa shape index (κ3) is 5.30. The van der Waals surface area contributed by atoms with Gasteiger partial charge >= 0.3 is 0 Å². The molecule has 1 amide bonds. The first-order valence-electron chi connectivity index (χ1n) is 8.62. The highest BCUT2D eigenvalue weighted by Gasteiger charge is 2.17. The monoisotopic (exact) mass is 398 g/mol. The average molecular weight is 399 g/mol. The van der Waals surface area contributed by atoms with Crippen LogP contribution < -0.4 is 10.6 Å². The SMILES string of the molecule is Cc1cccc(NC(=O)[C@H](C)Sc2nnc(Nc3ccc(C)c(C)c3)s2)c1. The van der Waals surface area contributed by atoms with E-state index in [9.17, 15) is 4.79 Å². The number of aryl methyl sites for hydroxylation is 3. The van der Waals surface area contributed by atoms with Gasteiger partial charge in [-0.15, -0.1) is 10.2 Å². The molecule has 0 spiro atoms. The van der Waals surface area contributed by atoms with E-state index < -0.39 is 0 Å². The fraction of sp³-hybridized carbons (Fsp3) is 0.250. The zero-order valence-corrected chi connectivity index (χ0v) is 17.4. The third-order valence-corrected chi connectivity index (χ3v) is 6.12. The van der Waals surface area contributed by atoms with Gasteiger partial charge in [-0.3, -0.25) is 4.79 Å². The van der Waals surface area contributed by atoms with Crippen LogP contribution in [0.15, 0.2) is 46.8 Å². The lowest BCUT2D eigenvalue weighted by atomic mass is 10.1. The van der Waals surface area contributed by atoms with Crippen molar-refractivity contribution in [2.45, 2.75) is 37.3 Å². The predicted molar refractivity (Wildman–Crippen MR) is 114 cm³/mol. The van der Waals surface area contributed by atoms with Crippen LogP contribution in [0.3, 0.4) is 0 Å². The summed E-state index contributed by atoms with van der Waals surface area (Å²) in [5.74, 6) is -0.0514. The molecule has 3 rings (SSSR count). The van der Waals surface area contributed by atoms with E-state index in [2.05, 4.69) is 46.8 Å². The van der Waals surface area contributed by atoms with Gasteiger partial charge in [0.05, 0.1) is 5.25 Å².